The Labute approximate surface area is 229 Å². The highest BCUT2D eigenvalue weighted by molar-refractivity contribution is 5.99. The Balaban J connectivity index is 1.54. The lowest BCUT2D eigenvalue weighted by Crippen LogP contribution is -2.61. The monoisotopic (exact) mass is 581 g/mol. The third-order valence-corrected chi connectivity index (χ3v) is 7.09. The molecule has 2 amide bonds. The van der Waals surface area contributed by atoms with Gasteiger partial charge in [-0.3, -0.25) is 14.4 Å². The van der Waals surface area contributed by atoms with Crippen LogP contribution >= 0.6 is 0 Å². The van der Waals surface area contributed by atoms with E-state index in [4.69, 9.17) is 14.2 Å². The van der Waals surface area contributed by atoms with E-state index < -0.39 is 95.7 Å². The Morgan fingerprint density at radius 2 is 1.88 bits per heavy atom. The van der Waals surface area contributed by atoms with Gasteiger partial charge in [-0.2, -0.15) is 0 Å². The largest absolute Gasteiger partial charge is 0.479 e. The number of aromatic nitrogens is 1. The molecule has 0 aliphatic carbocycles. The van der Waals surface area contributed by atoms with Crippen molar-refractivity contribution in [3.8, 4) is 5.75 Å². The molecule has 0 unspecified atom stereocenters. The summed E-state index contributed by atoms with van der Waals surface area (Å²) in [5.74, 6) is -6.04. The van der Waals surface area contributed by atoms with Crippen LogP contribution in [0.15, 0.2) is 29.2 Å². The van der Waals surface area contributed by atoms with Crippen LogP contribution < -0.4 is 15.5 Å². The second kappa shape index (κ2) is 10.8. The van der Waals surface area contributed by atoms with Gasteiger partial charge in [0, 0.05) is 24.4 Å². The molecule has 3 aliphatic rings. The highest BCUT2D eigenvalue weighted by Crippen LogP contribution is 2.32. The van der Waals surface area contributed by atoms with Crippen LogP contribution in [-0.2, 0) is 27.4 Å². The zero-order chi connectivity index (χ0) is 29.7. The molecule has 0 spiro atoms. The van der Waals surface area contributed by atoms with Gasteiger partial charge in [0.25, 0.3) is 11.8 Å². The molecule has 3 aliphatic heterocycles. The average molecular weight is 581 g/mol. The molecule has 2 aromatic rings. The number of rotatable bonds is 6. The van der Waals surface area contributed by atoms with Crippen molar-refractivity contribution >= 4 is 17.8 Å². The third-order valence-electron chi connectivity index (χ3n) is 7.09. The molecule has 1 aromatic heterocycles. The summed E-state index contributed by atoms with van der Waals surface area (Å²) in [4.78, 5) is 53.0. The van der Waals surface area contributed by atoms with Crippen molar-refractivity contribution in [2.75, 3.05) is 6.61 Å². The summed E-state index contributed by atoms with van der Waals surface area (Å²) < 4.78 is 44.8. The fourth-order valence-corrected chi connectivity index (χ4v) is 4.93. The van der Waals surface area contributed by atoms with Crippen LogP contribution in [0.5, 0.6) is 5.75 Å². The maximum absolute atomic E-state index is 14.1. The molecule has 220 valence electrons. The molecule has 0 saturated carbocycles. The SMILES string of the molecule is C[C@H]1CO[C@@H]2Cn3cc(C(=O)NCc4ccc(F)cc4F)c(=O)c(O[C@@H]4O[C@H](C(=O)O)[C@@H](O)[C@H](O)[C@H]4O)c3C(=O)N12. The second-order valence-electron chi connectivity index (χ2n) is 9.82. The van der Waals surface area contributed by atoms with E-state index in [9.17, 15) is 48.4 Å². The van der Waals surface area contributed by atoms with Gasteiger partial charge < -0.3 is 49.4 Å². The Morgan fingerprint density at radius 3 is 2.56 bits per heavy atom. The zero-order valence-electron chi connectivity index (χ0n) is 21.3. The predicted octanol–water partition coefficient (Wildman–Crippen LogP) is -1.47. The number of hydrogen-bond donors (Lipinski definition) is 5. The Hall–Kier alpha value is -3.96. The molecule has 5 rings (SSSR count). The minimum Gasteiger partial charge on any atom is -0.479 e. The van der Waals surface area contributed by atoms with Crippen molar-refractivity contribution in [1.29, 1.82) is 0 Å². The van der Waals surface area contributed by atoms with Crippen LogP contribution in [0, 0.1) is 11.6 Å². The van der Waals surface area contributed by atoms with Crippen LogP contribution in [0.2, 0.25) is 0 Å². The van der Waals surface area contributed by atoms with Crippen LogP contribution in [0.1, 0.15) is 33.3 Å². The maximum atomic E-state index is 14.1. The number of pyridine rings is 1. The van der Waals surface area contributed by atoms with E-state index in [1.165, 1.54) is 9.47 Å². The Morgan fingerprint density at radius 1 is 1.15 bits per heavy atom. The first-order valence-corrected chi connectivity index (χ1v) is 12.4. The lowest BCUT2D eigenvalue weighted by molar-refractivity contribution is -0.271. The Bertz CT molecular complexity index is 1470. The van der Waals surface area contributed by atoms with Crippen molar-refractivity contribution in [2.24, 2.45) is 0 Å². The number of nitrogens with zero attached hydrogens (tertiary/aromatic N) is 2. The number of carboxylic acids is 1. The fourth-order valence-electron chi connectivity index (χ4n) is 4.93. The van der Waals surface area contributed by atoms with Crippen LogP contribution in [0.4, 0.5) is 8.78 Å². The van der Waals surface area contributed by atoms with Gasteiger partial charge in [-0.1, -0.05) is 6.07 Å². The summed E-state index contributed by atoms with van der Waals surface area (Å²) in [7, 11) is 0. The van der Waals surface area contributed by atoms with Gasteiger partial charge in [0.2, 0.25) is 11.7 Å². The normalized spacial score (nSPS) is 29.1. The van der Waals surface area contributed by atoms with E-state index in [2.05, 4.69) is 5.32 Å². The summed E-state index contributed by atoms with van der Waals surface area (Å²) in [6, 6.07) is 2.30. The molecule has 4 heterocycles. The minimum absolute atomic E-state index is 0.0535. The first-order chi connectivity index (χ1) is 19.4. The van der Waals surface area contributed by atoms with Crippen molar-refractivity contribution in [1.82, 2.24) is 14.8 Å². The standard InChI is InChI=1S/C25H25F2N3O11/c1-9-8-39-14-7-29-6-12(22(35)28-5-10-2-3-11(26)4-13(10)27)16(31)20(15(29)23(36)30(9)14)40-25-19(34)17(32)18(33)21(41-25)24(37)38/h2-4,6,9,14,17-19,21,25,32-34H,5,7-8H2,1H3,(H,28,35)(H,37,38)/t9-,14+,17-,18-,19+,21-,25+/m0/s1. The van der Waals surface area contributed by atoms with Crippen molar-refractivity contribution in [3.05, 3.63) is 63.1 Å². The van der Waals surface area contributed by atoms with Gasteiger partial charge in [0.1, 0.15) is 35.5 Å². The number of carboxylic acid groups (broad SMARTS) is 1. The summed E-state index contributed by atoms with van der Waals surface area (Å²) >= 11 is 0. The molecule has 5 N–H and O–H groups in total. The minimum atomic E-state index is -2.07. The molecular weight excluding hydrogens is 556 g/mol. The summed E-state index contributed by atoms with van der Waals surface area (Å²) in [6.07, 6.45) is -10.0. The van der Waals surface area contributed by atoms with E-state index in [0.29, 0.717) is 6.07 Å². The number of ether oxygens (including phenoxy) is 3. The number of aliphatic carboxylic acids is 1. The number of halogens is 2. The molecule has 2 saturated heterocycles. The lowest BCUT2D eigenvalue weighted by atomic mass is 9.99. The smallest absolute Gasteiger partial charge is 0.335 e. The Kier molecular flexibility index (Phi) is 7.52. The number of aliphatic hydroxyl groups is 3. The molecule has 41 heavy (non-hydrogen) atoms. The number of aliphatic hydroxyl groups excluding tert-OH is 3. The van der Waals surface area contributed by atoms with Gasteiger partial charge >= 0.3 is 5.97 Å². The number of carbonyl (C=O) groups excluding carboxylic acids is 2. The van der Waals surface area contributed by atoms with E-state index in [0.717, 1.165) is 18.3 Å². The number of hydrogen-bond acceptors (Lipinski definition) is 10. The molecule has 0 bridgehead atoms. The van der Waals surface area contributed by atoms with E-state index in [1.807, 2.05) is 0 Å². The number of carbonyl (C=O) groups is 3. The quantitative estimate of drug-likeness (QED) is 0.267. The molecular formula is C25H25F2N3O11. The molecule has 7 atom stereocenters. The molecule has 14 nitrogen and oxygen atoms in total. The van der Waals surface area contributed by atoms with Gasteiger partial charge in [0.15, 0.2) is 23.8 Å². The van der Waals surface area contributed by atoms with E-state index in [-0.39, 0.29) is 24.4 Å². The zero-order valence-corrected chi connectivity index (χ0v) is 21.3. The summed E-state index contributed by atoms with van der Waals surface area (Å²) in [5, 5.41) is 42.3. The summed E-state index contributed by atoms with van der Waals surface area (Å²) in [6.45, 7) is 1.39. The van der Waals surface area contributed by atoms with Gasteiger partial charge in [0.05, 0.1) is 19.2 Å². The topological polar surface area (TPSA) is 197 Å². The van der Waals surface area contributed by atoms with E-state index >= 15 is 0 Å². The van der Waals surface area contributed by atoms with Crippen molar-refractivity contribution < 1.29 is 57.8 Å². The highest BCUT2D eigenvalue weighted by Gasteiger charge is 2.50. The van der Waals surface area contributed by atoms with Crippen molar-refractivity contribution in [3.63, 3.8) is 0 Å². The van der Waals surface area contributed by atoms with Gasteiger partial charge in [-0.15, -0.1) is 0 Å². The molecule has 0 radical (unpaired) electrons. The highest BCUT2D eigenvalue weighted by atomic mass is 19.1. The fraction of sp³-hybridized carbons (Fsp3) is 0.440. The van der Waals surface area contributed by atoms with E-state index in [1.54, 1.807) is 6.92 Å². The number of fused-ring (bicyclic) bond motifs is 2. The second-order valence-corrected chi connectivity index (χ2v) is 9.82. The maximum Gasteiger partial charge on any atom is 0.335 e. The average Bonchev–Trinajstić information content (AvgIpc) is 3.29. The van der Waals surface area contributed by atoms with Crippen LogP contribution in [0.3, 0.4) is 0 Å². The molecule has 16 heteroatoms. The van der Waals surface area contributed by atoms with Gasteiger partial charge in [-0.05, 0) is 13.0 Å². The molecule has 2 fully saturated rings. The first kappa shape index (κ1) is 28.6. The van der Waals surface area contributed by atoms with Gasteiger partial charge in [-0.25, -0.2) is 13.6 Å². The molecule has 1 aromatic carbocycles. The van der Waals surface area contributed by atoms with Crippen LogP contribution in [0.25, 0.3) is 0 Å². The predicted molar refractivity (Wildman–Crippen MR) is 129 cm³/mol. The third kappa shape index (κ3) is 5.04. The number of amides is 2. The number of benzene rings is 1. The first-order valence-electron chi connectivity index (χ1n) is 12.4. The summed E-state index contributed by atoms with van der Waals surface area (Å²) in [5.41, 5.74) is -2.21. The van der Waals surface area contributed by atoms with Crippen molar-refractivity contribution in [2.45, 2.75) is 63.0 Å². The lowest BCUT2D eigenvalue weighted by Gasteiger charge is -2.39. The number of nitrogens with one attached hydrogen (secondary N) is 1. The van der Waals surface area contributed by atoms with Crippen LogP contribution in [-0.4, -0.2) is 97.3 Å².